The Balaban J connectivity index is 2.09. The zero-order valence-electron chi connectivity index (χ0n) is 12.0. The summed E-state index contributed by atoms with van der Waals surface area (Å²) >= 11 is 0. The molecule has 0 saturated carbocycles. The second kappa shape index (κ2) is 5.46. The highest BCUT2D eigenvalue weighted by atomic mass is 16.5. The Morgan fingerprint density at radius 3 is 2.71 bits per heavy atom. The zero-order chi connectivity index (χ0) is 14.8. The van der Waals surface area contributed by atoms with Crippen LogP contribution in [0.15, 0.2) is 36.4 Å². The van der Waals surface area contributed by atoms with Crippen LogP contribution in [0.3, 0.4) is 0 Å². The van der Waals surface area contributed by atoms with Crippen molar-refractivity contribution in [2.75, 3.05) is 12.8 Å². The molecule has 0 aliphatic rings. The van der Waals surface area contributed by atoms with Gasteiger partial charge in [0.25, 0.3) is 0 Å². The second-order valence-electron chi connectivity index (χ2n) is 4.90. The third kappa shape index (κ3) is 2.83. The van der Waals surface area contributed by atoms with Gasteiger partial charge in [0.1, 0.15) is 5.82 Å². The van der Waals surface area contributed by atoms with Gasteiger partial charge in [-0.3, -0.25) is 4.98 Å². The van der Waals surface area contributed by atoms with E-state index in [-0.39, 0.29) is 0 Å². The minimum atomic E-state index is 0.411. The smallest absolute Gasteiger partial charge is 0.161 e. The minimum absolute atomic E-state index is 0.411. The molecule has 0 bridgehead atoms. The van der Waals surface area contributed by atoms with Crippen LogP contribution < -0.4 is 5.73 Å². The average Bonchev–Trinajstić information content (AvgIpc) is 2.46. The molecule has 2 N–H and O–H groups in total. The molecule has 2 aromatic heterocycles. The molecule has 0 saturated heterocycles. The minimum Gasteiger partial charge on any atom is -0.384 e. The molecule has 21 heavy (non-hydrogen) atoms. The van der Waals surface area contributed by atoms with Crippen LogP contribution in [-0.4, -0.2) is 22.1 Å². The lowest BCUT2D eigenvalue weighted by atomic mass is 10.1. The Labute approximate surface area is 122 Å². The van der Waals surface area contributed by atoms with E-state index in [4.69, 9.17) is 10.5 Å². The number of aryl methyl sites for hydroxylation is 1. The predicted octanol–water partition coefficient (Wildman–Crippen LogP) is 2.73. The summed E-state index contributed by atoms with van der Waals surface area (Å²) in [6.45, 7) is 2.39. The summed E-state index contributed by atoms with van der Waals surface area (Å²) in [5.41, 5.74) is 9.48. The fourth-order valence-corrected chi connectivity index (χ4v) is 2.24. The van der Waals surface area contributed by atoms with Gasteiger partial charge in [0.05, 0.1) is 17.8 Å². The molecule has 0 amide bonds. The molecule has 0 spiro atoms. The molecule has 0 aliphatic carbocycles. The molecule has 2 heterocycles. The van der Waals surface area contributed by atoms with Crippen molar-refractivity contribution in [3.05, 3.63) is 47.8 Å². The number of rotatable bonds is 3. The third-order valence-corrected chi connectivity index (χ3v) is 3.18. The van der Waals surface area contributed by atoms with E-state index in [0.717, 1.165) is 27.9 Å². The number of hydrogen-bond donors (Lipinski definition) is 1. The van der Waals surface area contributed by atoms with E-state index in [2.05, 4.69) is 15.0 Å². The van der Waals surface area contributed by atoms with Gasteiger partial charge in [-0.1, -0.05) is 6.07 Å². The number of nitrogens with zero attached hydrogens (tertiary/aromatic N) is 3. The van der Waals surface area contributed by atoms with Crippen molar-refractivity contribution < 1.29 is 4.74 Å². The summed E-state index contributed by atoms with van der Waals surface area (Å²) in [4.78, 5) is 13.3. The summed E-state index contributed by atoms with van der Waals surface area (Å²) in [5.74, 6) is 1.04. The number of ether oxygens (including phenoxy) is 1. The highest BCUT2D eigenvalue weighted by molar-refractivity contribution is 5.83. The largest absolute Gasteiger partial charge is 0.384 e. The third-order valence-electron chi connectivity index (χ3n) is 3.18. The van der Waals surface area contributed by atoms with E-state index in [1.807, 2.05) is 37.3 Å². The van der Waals surface area contributed by atoms with E-state index in [1.54, 1.807) is 13.2 Å². The van der Waals surface area contributed by atoms with Gasteiger partial charge in [-0.2, -0.15) is 0 Å². The maximum absolute atomic E-state index is 5.84. The molecule has 3 aromatic rings. The Morgan fingerprint density at radius 2 is 1.90 bits per heavy atom. The lowest BCUT2D eigenvalue weighted by Crippen LogP contribution is -2.01. The van der Waals surface area contributed by atoms with Crippen LogP contribution in [0.1, 0.15) is 11.4 Å². The fraction of sp³-hybridized carbons (Fsp3) is 0.188. The molecular weight excluding hydrogens is 264 g/mol. The van der Waals surface area contributed by atoms with Crippen molar-refractivity contribution in [1.82, 2.24) is 15.0 Å². The van der Waals surface area contributed by atoms with Gasteiger partial charge in [0.2, 0.25) is 0 Å². The molecule has 0 fully saturated rings. The van der Waals surface area contributed by atoms with Crippen molar-refractivity contribution >= 4 is 16.7 Å². The number of anilines is 1. The van der Waals surface area contributed by atoms with Gasteiger partial charge in [0.15, 0.2) is 5.82 Å². The summed E-state index contributed by atoms with van der Waals surface area (Å²) in [6, 6.07) is 11.7. The number of pyridine rings is 1. The fourth-order valence-electron chi connectivity index (χ4n) is 2.24. The van der Waals surface area contributed by atoms with E-state index in [0.29, 0.717) is 18.2 Å². The maximum atomic E-state index is 5.84. The van der Waals surface area contributed by atoms with Crippen LogP contribution in [0.5, 0.6) is 0 Å². The summed E-state index contributed by atoms with van der Waals surface area (Å²) < 4.78 is 5.10. The number of fused-ring (bicyclic) bond motifs is 1. The molecule has 0 aliphatic heterocycles. The Kier molecular flexibility index (Phi) is 3.50. The Morgan fingerprint density at radius 1 is 1.05 bits per heavy atom. The highest BCUT2D eigenvalue weighted by Crippen LogP contribution is 2.22. The molecule has 1 aromatic carbocycles. The SMILES string of the molecule is COCc1cc(N)nc(-c2ccc3nc(C)ccc3c2)n1. The molecule has 0 atom stereocenters. The second-order valence-corrected chi connectivity index (χ2v) is 4.90. The van der Waals surface area contributed by atoms with Crippen LogP contribution in [-0.2, 0) is 11.3 Å². The number of methoxy groups -OCH3 is 1. The number of nitrogens with two attached hydrogens (primary N) is 1. The van der Waals surface area contributed by atoms with Gasteiger partial charge in [-0.25, -0.2) is 9.97 Å². The van der Waals surface area contributed by atoms with Gasteiger partial charge in [0, 0.05) is 29.8 Å². The van der Waals surface area contributed by atoms with Crippen LogP contribution in [0.4, 0.5) is 5.82 Å². The lowest BCUT2D eigenvalue weighted by molar-refractivity contribution is 0.181. The molecule has 0 unspecified atom stereocenters. The van der Waals surface area contributed by atoms with Gasteiger partial charge >= 0.3 is 0 Å². The number of hydrogen-bond acceptors (Lipinski definition) is 5. The molecular formula is C16H16N4O. The lowest BCUT2D eigenvalue weighted by Gasteiger charge is -2.06. The van der Waals surface area contributed by atoms with Crippen LogP contribution in [0.2, 0.25) is 0 Å². The van der Waals surface area contributed by atoms with Crippen molar-refractivity contribution in [3.8, 4) is 11.4 Å². The predicted molar refractivity (Wildman–Crippen MR) is 82.6 cm³/mol. The molecule has 0 radical (unpaired) electrons. The van der Waals surface area contributed by atoms with Gasteiger partial charge in [-0.15, -0.1) is 0 Å². The molecule has 5 heteroatoms. The Bertz CT molecular complexity index is 801. The van der Waals surface area contributed by atoms with Crippen molar-refractivity contribution in [3.63, 3.8) is 0 Å². The van der Waals surface area contributed by atoms with E-state index >= 15 is 0 Å². The van der Waals surface area contributed by atoms with Crippen molar-refractivity contribution in [1.29, 1.82) is 0 Å². The molecule has 3 rings (SSSR count). The van der Waals surface area contributed by atoms with Crippen molar-refractivity contribution in [2.45, 2.75) is 13.5 Å². The number of aromatic nitrogens is 3. The van der Waals surface area contributed by atoms with Crippen LogP contribution >= 0.6 is 0 Å². The highest BCUT2D eigenvalue weighted by Gasteiger charge is 2.07. The van der Waals surface area contributed by atoms with Crippen molar-refractivity contribution in [2.24, 2.45) is 0 Å². The first kappa shape index (κ1) is 13.5. The monoisotopic (exact) mass is 280 g/mol. The van der Waals surface area contributed by atoms with Gasteiger partial charge in [-0.05, 0) is 31.2 Å². The van der Waals surface area contributed by atoms with E-state index in [1.165, 1.54) is 0 Å². The first-order valence-electron chi connectivity index (χ1n) is 6.66. The zero-order valence-corrected chi connectivity index (χ0v) is 12.0. The standard InChI is InChI=1S/C16H16N4O/c1-10-3-4-11-7-12(5-6-14(11)18-10)16-19-13(9-21-2)8-15(17)20-16/h3-8H,9H2,1-2H3,(H2,17,19,20). The number of nitrogen functional groups attached to an aromatic ring is 1. The summed E-state index contributed by atoms with van der Waals surface area (Å²) in [6.07, 6.45) is 0. The van der Waals surface area contributed by atoms with Crippen LogP contribution in [0, 0.1) is 6.92 Å². The first-order valence-corrected chi connectivity index (χ1v) is 6.66. The topological polar surface area (TPSA) is 73.9 Å². The van der Waals surface area contributed by atoms with E-state index in [9.17, 15) is 0 Å². The van der Waals surface area contributed by atoms with Gasteiger partial charge < -0.3 is 10.5 Å². The average molecular weight is 280 g/mol. The molecule has 106 valence electrons. The Hall–Kier alpha value is -2.53. The first-order chi connectivity index (χ1) is 10.2. The number of benzene rings is 1. The molecule has 5 nitrogen and oxygen atoms in total. The van der Waals surface area contributed by atoms with Crippen LogP contribution in [0.25, 0.3) is 22.3 Å². The summed E-state index contributed by atoms with van der Waals surface area (Å²) in [7, 11) is 1.63. The van der Waals surface area contributed by atoms with E-state index < -0.39 is 0 Å². The maximum Gasteiger partial charge on any atom is 0.161 e. The normalized spacial score (nSPS) is 11.0. The summed E-state index contributed by atoms with van der Waals surface area (Å²) in [5, 5.41) is 1.05. The quantitative estimate of drug-likeness (QED) is 0.798.